The van der Waals surface area contributed by atoms with Gasteiger partial charge in [0, 0.05) is 6.07 Å². The van der Waals surface area contributed by atoms with Gasteiger partial charge in [-0.25, -0.2) is 4.79 Å². The lowest BCUT2D eigenvalue weighted by molar-refractivity contribution is 0.0687. The predicted octanol–water partition coefficient (Wildman–Crippen LogP) is 0.231. The zero-order chi connectivity index (χ0) is 8.43. The molecule has 0 bridgehead atoms. The average Bonchev–Trinajstić information content (AvgIpc) is 1.85. The Kier molecular flexibility index (Phi) is 2.04. The highest BCUT2D eigenvalue weighted by Crippen LogP contribution is 1.98. The highest BCUT2D eigenvalue weighted by Gasteiger charge is 2.09. The smallest absolute Gasteiger partial charge is 0.360 e. The standard InChI is InChI=1S/C5H3BrN2O3/c6-3-1-2(9)4(5(10)11)8-7-3/h1H,(H,7,9)(H,10,11). The molecule has 0 fully saturated rings. The first-order valence-electron chi connectivity index (χ1n) is 2.60. The van der Waals surface area contributed by atoms with Crippen LogP contribution in [0.1, 0.15) is 10.5 Å². The van der Waals surface area contributed by atoms with Crippen molar-refractivity contribution >= 4 is 21.9 Å². The molecule has 0 spiro atoms. The molecule has 0 amide bonds. The summed E-state index contributed by atoms with van der Waals surface area (Å²) in [5.74, 6) is -1.33. The summed E-state index contributed by atoms with van der Waals surface area (Å²) in [6.07, 6.45) is 0. The molecule has 58 valence electrons. The number of carboxylic acids is 1. The van der Waals surface area contributed by atoms with Gasteiger partial charge in [-0.1, -0.05) is 0 Å². The lowest BCUT2D eigenvalue weighted by Gasteiger charge is -1.90. The number of H-pyrrole nitrogens is 1. The summed E-state index contributed by atoms with van der Waals surface area (Å²) < 4.78 is 0.354. The third-order valence-electron chi connectivity index (χ3n) is 0.968. The van der Waals surface area contributed by atoms with Gasteiger partial charge in [0.05, 0.1) is 0 Å². The molecular weight excluding hydrogens is 216 g/mol. The molecule has 1 aromatic rings. The van der Waals surface area contributed by atoms with Gasteiger partial charge in [-0.3, -0.25) is 9.89 Å². The predicted molar refractivity (Wildman–Crippen MR) is 39.5 cm³/mol. The normalized spacial score (nSPS) is 9.55. The molecule has 11 heavy (non-hydrogen) atoms. The molecule has 0 aliphatic rings. The molecule has 0 saturated heterocycles. The number of carbonyl (C=O) groups is 1. The molecular formula is C5H3BrN2O3. The van der Waals surface area contributed by atoms with Crippen molar-refractivity contribution in [2.24, 2.45) is 0 Å². The second kappa shape index (κ2) is 2.83. The van der Waals surface area contributed by atoms with E-state index >= 15 is 0 Å². The first-order valence-corrected chi connectivity index (χ1v) is 3.39. The zero-order valence-electron chi connectivity index (χ0n) is 5.17. The van der Waals surface area contributed by atoms with E-state index in [9.17, 15) is 9.59 Å². The quantitative estimate of drug-likeness (QED) is 0.708. The van der Waals surface area contributed by atoms with Gasteiger partial charge < -0.3 is 5.11 Å². The van der Waals surface area contributed by atoms with Gasteiger partial charge in [0.15, 0.2) is 0 Å². The largest absolute Gasteiger partial charge is 0.476 e. The molecule has 0 atom stereocenters. The fraction of sp³-hybridized carbons (Fsp3) is 0. The van der Waals surface area contributed by atoms with Crippen molar-refractivity contribution in [3.8, 4) is 0 Å². The Balaban J connectivity index is 3.32. The maximum absolute atomic E-state index is 10.8. The summed E-state index contributed by atoms with van der Waals surface area (Å²) in [5.41, 5.74) is -1.13. The topological polar surface area (TPSA) is 83.0 Å². The van der Waals surface area contributed by atoms with E-state index in [-0.39, 0.29) is 0 Å². The van der Waals surface area contributed by atoms with Gasteiger partial charge in [-0.05, 0) is 15.9 Å². The average molecular weight is 219 g/mol. The molecule has 6 heteroatoms. The van der Waals surface area contributed by atoms with E-state index in [4.69, 9.17) is 5.11 Å². The van der Waals surface area contributed by atoms with Crippen LogP contribution in [0.2, 0.25) is 0 Å². The van der Waals surface area contributed by atoms with E-state index in [1.165, 1.54) is 0 Å². The number of aromatic nitrogens is 2. The number of rotatable bonds is 1. The van der Waals surface area contributed by atoms with Crippen LogP contribution in [0, 0.1) is 0 Å². The van der Waals surface area contributed by atoms with Crippen LogP contribution in [0.3, 0.4) is 0 Å². The fourth-order valence-corrected chi connectivity index (χ4v) is 0.830. The molecule has 5 nitrogen and oxygen atoms in total. The molecule has 0 aromatic carbocycles. The highest BCUT2D eigenvalue weighted by molar-refractivity contribution is 9.10. The Bertz CT molecular complexity index is 346. The van der Waals surface area contributed by atoms with Gasteiger partial charge in [0.2, 0.25) is 11.1 Å². The van der Waals surface area contributed by atoms with E-state index in [0.717, 1.165) is 6.07 Å². The van der Waals surface area contributed by atoms with Crippen LogP contribution in [0.25, 0.3) is 0 Å². The van der Waals surface area contributed by atoms with Crippen molar-refractivity contribution in [3.05, 3.63) is 26.6 Å². The molecule has 1 rings (SSSR count). The third kappa shape index (κ3) is 1.64. The van der Waals surface area contributed by atoms with Crippen LogP contribution >= 0.6 is 15.9 Å². The van der Waals surface area contributed by atoms with Crippen LogP contribution in [-0.2, 0) is 0 Å². The van der Waals surface area contributed by atoms with Gasteiger partial charge in [-0.15, -0.1) is 0 Å². The van der Waals surface area contributed by atoms with Gasteiger partial charge in [0.25, 0.3) is 0 Å². The van der Waals surface area contributed by atoms with Gasteiger partial charge in [-0.2, -0.15) is 5.10 Å². The Morgan fingerprint density at radius 1 is 1.73 bits per heavy atom. The summed E-state index contributed by atoms with van der Waals surface area (Å²) in [6.45, 7) is 0. The van der Waals surface area contributed by atoms with Crippen molar-refractivity contribution in [2.75, 3.05) is 0 Å². The minimum atomic E-state index is -1.33. The lowest BCUT2D eigenvalue weighted by Crippen LogP contribution is -2.17. The van der Waals surface area contributed by atoms with Crippen LogP contribution in [0.4, 0.5) is 0 Å². The Morgan fingerprint density at radius 2 is 2.36 bits per heavy atom. The van der Waals surface area contributed by atoms with Crippen LogP contribution < -0.4 is 5.43 Å². The Labute approximate surface area is 69.2 Å². The maximum Gasteiger partial charge on any atom is 0.360 e. The second-order valence-corrected chi connectivity index (χ2v) is 2.59. The molecule has 1 aromatic heterocycles. The number of halogens is 1. The summed E-state index contributed by atoms with van der Waals surface area (Å²) in [7, 11) is 0. The molecule has 0 unspecified atom stereocenters. The van der Waals surface area contributed by atoms with Gasteiger partial charge >= 0.3 is 5.97 Å². The van der Waals surface area contributed by atoms with Crippen molar-refractivity contribution < 1.29 is 9.90 Å². The molecule has 0 aliphatic carbocycles. The molecule has 1 heterocycles. The summed E-state index contributed by atoms with van der Waals surface area (Å²) in [4.78, 5) is 21.0. The van der Waals surface area contributed by atoms with E-state index in [0.29, 0.717) is 4.60 Å². The minimum absolute atomic E-state index is 0.354. The number of carboxylic acid groups (broad SMARTS) is 1. The summed E-state index contributed by atoms with van der Waals surface area (Å²) >= 11 is 2.93. The third-order valence-corrected chi connectivity index (χ3v) is 1.37. The molecule has 0 saturated carbocycles. The lowest BCUT2D eigenvalue weighted by atomic mass is 10.4. The fourth-order valence-electron chi connectivity index (χ4n) is 0.533. The molecule has 2 N–H and O–H groups in total. The van der Waals surface area contributed by atoms with Crippen molar-refractivity contribution in [1.82, 2.24) is 10.2 Å². The Hall–Kier alpha value is -1.17. The molecule has 0 aliphatic heterocycles. The Morgan fingerprint density at radius 3 is 2.82 bits per heavy atom. The van der Waals surface area contributed by atoms with Gasteiger partial charge in [0.1, 0.15) is 4.60 Å². The molecule has 0 radical (unpaired) electrons. The van der Waals surface area contributed by atoms with Crippen LogP contribution in [-0.4, -0.2) is 21.3 Å². The first kappa shape index (κ1) is 7.93. The van der Waals surface area contributed by atoms with Crippen molar-refractivity contribution in [1.29, 1.82) is 0 Å². The number of aromatic carboxylic acids is 1. The van der Waals surface area contributed by atoms with Crippen molar-refractivity contribution in [3.63, 3.8) is 0 Å². The number of aromatic amines is 1. The van der Waals surface area contributed by atoms with E-state index < -0.39 is 17.1 Å². The number of hydrogen-bond donors (Lipinski definition) is 2. The monoisotopic (exact) mass is 218 g/mol. The first-order chi connectivity index (χ1) is 5.11. The summed E-state index contributed by atoms with van der Waals surface area (Å²) in [6, 6.07) is 1.11. The van der Waals surface area contributed by atoms with E-state index in [1.54, 1.807) is 0 Å². The summed E-state index contributed by atoms with van der Waals surface area (Å²) in [5, 5.41) is 14.0. The van der Waals surface area contributed by atoms with E-state index in [2.05, 4.69) is 26.1 Å². The maximum atomic E-state index is 10.8. The highest BCUT2D eigenvalue weighted by atomic mass is 79.9. The number of nitrogens with zero attached hydrogens (tertiary/aromatic N) is 1. The van der Waals surface area contributed by atoms with Crippen LogP contribution in [0.15, 0.2) is 15.5 Å². The number of hydrogen-bond acceptors (Lipinski definition) is 3. The minimum Gasteiger partial charge on any atom is -0.476 e. The SMILES string of the molecule is O=C(O)c1n[nH]c(Br)cc1=O. The van der Waals surface area contributed by atoms with Crippen molar-refractivity contribution in [2.45, 2.75) is 0 Å². The van der Waals surface area contributed by atoms with Crippen LogP contribution in [0.5, 0.6) is 0 Å². The van der Waals surface area contributed by atoms with E-state index in [1.807, 2.05) is 0 Å². The second-order valence-electron chi connectivity index (χ2n) is 1.73. The zero-order valence-corrected chi connectivity index (χ0v) is 6.75. The number of nitrogens with one attached hydrogen (secondary N) is 1.